The van der Waals surface area contributed by atoms with Crippen LogP contribution in [0.3, 0.4) is 0 Å². The molecule has 32 heavy (non-hydrogen) atoms. The van der Waals surface area contributed by atoms with Crippen LogP contribution in [0.4, 0.5) is 26.3 Å². The second kappa shape index (κ2) is 9.50. The Bertz CT molecular complexity index is 898. The summed E-state index contributed by atoms with van der Waals surface area (Å²) in [5, 5.41) is 0. The van der Waals surface area contributed by atoms with E-state index in [2.05, 4.69) is 0 Å². The van der Waals surface area contributed by atoms with E-state index >= 15 is 0 Å². The highest BCUT2D eigenvalue weighted by Crippen LogP contribution is 2.37. The lowest BCUT2D eigenvalue weighted by Gasteiger charge is -2.38. The van der Waals surface area contributed by atoms with Gasteiger partial charge in [-0.3, -0.25) is 4.79 Å². The number of likely N-dealkylation sites (tertiary alicyclic amines) is 1. The van der Waals surface area contributed by atoms with Crippen molar-refractivity contribution in [1.29, 1.82) is 0 Å². The number of rotatable bonds is 5. The Morgan fingerprint density at radius 3 is 2.12 bits per heavy atom. The number of carbonyl (C=O) groups is 1. The van der Waals surface area contributed by atoms with Crippen molar-refractivity contribution in [1.82, 2.24) is 4.90 Å². The summed E-state index contributed by atoms with van der Waals surface area (Å²) in [6.45, 7) is 0.0465. The molecule has 1 aliphatic rings. The molecule has 1 saturated heterocycles. The second-order valence-corrected chi connectivity index (χ2v) is 7.61. The first kappa shape index (κ1) is 24.1. The van der Waals surface area contributed by atoms with Crippen molar-refractivity contribution in [2.45, 2.75) is 37.4 Å². The maximum Gasteiger partial charge on any atom is 0.416 e. The minimum absolute atomic E-state index is 0.0905. The fraction of sp³-hybridized carbons (Fsp3) is 0.409. The van der Waals surface area contributed by atoms with Crippen molar-refractivity contribution < 1.29 is 35.9 Å². The number of alkyl halides is 6. The van der Waals surface area contributed by atoms with Crippen LogP contribution in [0.5, 0.6) is 0 Å². The van der Waals surface area contributed by atoms with Crippen LogP contribution in [0.15, 0.2) is 48.5 Å². The van der Waals surface area contributed by atoms with E-state index in [1.165, 1.54) is 0 Å². The van der Waals surface area contributed by atoms with Gasteiger partial charge >= 0.3 is 12.4 Å². The first-order valence-electron chi connectivity index (χ1n) is 9.92. The largest absolute Gasteiger partial charge is 0.416 e. The highest BCUT2D eigenvalue weighted by atomic mass is 19.4. The molecule has 0 radical (unpaired) electrons. The van der Waals surface area contributed by atoms with Crippen LogP contribution in [0.2, 0.25) is 0 Å². The van der Waals surface area contributed by atoms with Gasteiger partial charge in [-0.1, -0.05) is 30.3 Å². The summed E-state index contributed by atoms with van der Waals surface area (Å²) >= 11 is 0. The predicted octanol–water partition coefficient (Wildman–Crippen LogP) is 4.58. The summed E-state index contributed by atoms with van der Waals surface area (Å²) in [6, 6.07) is 10.5. The zero-order chi connectivity index (χ0) is 23.5. The van der Waals surface area contributed by atoms with Gasteiger partial charge in [0, 0.05) is 19.0 Å². The van der Waals surface area contributed by atoms with Crippen LogP contribution in [0, 0.1) is 0 Å². The standard InChI is InChI=1S/C22H22F6N2O2/c23-21(24,25)16-8-14(9-17(10-16)22(26,27)28)13-32-19-6-7-30(20(31)11-29)12-18(19)15-4-2-1-3-5-15/h1-5,8-10,18-19H,6-7,11-13,29H2/t18-,19-/m1/s1. The highest BCUT2D eigenvalue weighted by Gasteiger charge is 2.37. The van der Waals surface area contributed by atoms with E-state index in [1.54, 1.807) is 17.0 Å². The molecule has 1 amide bonds. The molecule has 1 aliphatic heterocycles. The molecule has 2 N–H and O–H groups in total. The molecule has 10 heteroatoms. The molecule has 0 spiro atoms. The molecule has 174 valence electrons. The quantitative estimate of drug-likeness (QED) is 0.665. The Labute approximate surface area is 181 Å². The van der Waals surface area contributed by atoms with Gasteiger partial charge in [0.05, 0.1) is 30.4 Å². The fourth-order valence-electron chi connectivity index (χ4n) is 3.81. The predicted molar refractivity (Wildman–Crippen MR) is 104 cm³/mol. The monoisotopic (exact) mass is 460 g/mol. The Balaban J connectivity index is 1.83. The number of benzene rings is 2. The van der Waals surface area contributed by atoms with Crippen LogP contribution in [0.1, 0.15) is 34.6 Å². The minimum atomic E-state index is -4.92. The average molecular weight is 460 g/mol. The number of nitrogens with zero attached hydrogens (tertiary/aromatic N) is 1. The fourth-order valence-corrected chi connectivity index (χ4v) is 3.81. The number of hydrogen-bond donors (Lipinski definition) is 1. The maximum atomic E-state index is 13.1. The third-order valence-corrected chi connectivity index (χ3v) is 5.42. The first-order chi connectivity index (χ1) is 15.0. The molecule has 0 saturated carbocycles. The van der Waals surface area contributed by atoms with Crippen LogP contribution < -0.4 is 5.73 Å². The third kappa shape index (κ3) is 5.80. The Morgan fingerprint density at radius 2 is 1.59 bits per heavy atom. The Hall–Kier alpha value is -2.59. The van der Waals surface area contributed by atoms with Gasteiger partial charge < -0.3 is 15.4 Å². The number of carbonyl (C=O) groups excluding carboxylic acids is 1. The Morgan fingerprint density at radius 1 is 1.00 bits per heavy atom. The van der Waals surface area contributed by atoms with Gasteiger partial charge in [-0.15, -0.1) is 0 Å². The van der Waals surface area contributed by atoms with Crippen molar-refractivity contribution in [2.24, 2.45) is 5.73 Å². The molecule has 0 bridgehead atoms. The van der Waals surface area contributed by atoms with E-state index < -0.39 is 36.2 Å². The third-order valence-electron chi connectivity index (χ3n) is 5.42. The van der Waals surface area contributed by atoms with Gasteiger partial charge in [0.15, 0.2) is 0 Å². The van der Waals surface area contributed by atoms with Gasteiger partial charge in [-0.2, -0.15) is 26.3 Å². The molecule has 2 aromatic rings. The van der Waals surface area contributed by atoms with E-state index in [0.29, 0.717) is 31.6 Å². The lowest BCUT2D eigenvalue weighted by Crippen LogP contribution is -2.47. The Kier molecular flexibility index (Phi) is 7.14. The van der Waals surface area contributed by atoms with Crippen LogP contribution in [0.25, 0.3) is 0 Å². The van der Waals surface area contributed by atoms with E-state index in [-0.39, 0.29) is 30.0 Å². The van der Waals surface area contributed by atoms with E-state index in [4.69, 9.17) is 10.5 Å². The highest BCUT2D eigenvalue weighted by molar-refractivity contribution is 5.78. The van der Waals surface area contributed by atoms with Crippen LogP contribution in [-0.4, -0.2) is 36.5 Å². The second-order valence-electron chi connectivity index (χ2n) is 7.61. The zero-order valence-electron chi connectivity index (χ0n) is 16.9. The van der Waals surface area contributed by atoms with Crippen molar-refractivity contribution >= 4 is 5.91 Å². The van der Waals surface area contributed by atoms with Crippen molar-refractivity contribution in [2.75, 3.05) is 19.6 Å². The number of hydrogen-bond acceptors (Lipinski definition) is 3. The van der Waals surface area contributed by atoms with Gasteiger partial charge in [0.1, 0.15) is 0 Å². The molecular weight excluding hydrogens is 438 g/mol. The molecule has 0 unspecified atom stereocenters. The smallest absolute Gasteiger partial charge is 0.373 e. The molecule has 0 aliphatic carbocycles. The molecule has 0 aromatic heterocycles. The van der Waals surface area contributed by atoms with Gasteiger partial charge in [0.2, 0.25) is 5.91 Å². The number of nitrogens with two attached hydrogens (primary N) is 1. The van der Waals surface area contributed by atoms with Crippen molar-refractivity contribution in [3.8, 4) is 0 Å². The van der Waals surface area contributed by atoms with E-state index in [1.807, 2.05) is 18.2 Å². The van der Waals surface area contributed by atoms with Gasteiger partial charge in [0.25, 0.3) is 0 Å². The first-order valence-corrected chi connectivity index (χ1v) is 9.92. The molecule has 1 fully saturated rings. The molecular formula is C22H22F6N2O2. The molecule has 2 aromatic carbocycles. The minimum Gasteiger partial charge on any atom is -0.373 e. The summed E-state index contributed by atoms with van der Waals surface area (Å²) < 4.78 is 84.5. The normalized spacial score (nSPS) is 19.8. The van der Waals surface area contributed by atoms with Gasteiger partial charge in [-0.25, -0.2) is 0 Å². The summed E-state index contributed by atoms with van der Waals surface area (Å²) in [5.74, 6) is -0.537. The topological polar surface area (TPSA) is 55.6 Å². The summed E-state index contributed by atoms with van der Waals surface area (Å²) in [5.41, 5.74) is 3.32. The van der Waals surface area contributed by atoms with Crippen LogP contribution in [-0.2, 0) is 28.5 Å². The average Bonchev–Trinajstić information content (AvgIpc) is 2.76. The van der Waals surface area contributed by atoms with E-state index in [9.17, 15) is 31.1 Å². The summed E-state index contributed by atoms with van der Waals surface area (Å²) in [6.07, 6.45) is -9.97. The van der Waals surface area contributed by atoms with Crippen molar-refractivity contribution in [3.05, 3.63) is 70.8 Å². The number of ether oxygens (including phenoxy) is 1. The molecule has 1 heterocycles. The SMILES string of the molecule is NCC(=O)N1CC[C@@H](OCc2cc(C(F)(F)F)cc(C(F)(F)F)c2)[C@@H](c2ccccc2)C1. The number of amides is 1. The number of piperidine rings is 1. The number of halogens is 6. The van der Waals surface area contributed by atoms with Crippen molar-refractivity contribution in [3.63, 3.8) is 0 Å². The maximum absolute atomic E-state index is 13.1. The molecule has 3 rings (SSSR count). The molecule has 4 nitrogen and oxygen atoms in total. The van der Waals surface area contributed by atoms with Crippen LogP contribution >= 0.6 is 0 Å². The lowest BCUT2D eigenvalue weighted by molar-refractivity contribution is -0.143. The van der Waals surface area contributed by atoms with Gasteiger partial charge in [-0.05, 0) is 35.7 Å². The zero-order valence-corrected chi connectivity index (χ0v) is 16.9. The summed E-state index contributed by atoms with van der Waals surface area (Å²) in [4.78, 5) is 13.6. The molecule has 2 atom stereocenters. The van der Waals surface area contributed by atoms with E-state index in [0.717, 1.165) is 5.56 Å². The lowest BCUT2D eigenvalue weighted by atomic mass is 9.87. The summed E-state index contributed by atoms with van der Waals surface area (Å²) in [7, 11) is 0.